The quantitative estimate of drug-likeness (QED) is 0.427. The maximum atomic E-state index is 12.2. The van der Waals surface area contributed by atoms with Gasteiger partial charge in [0.25, 0.3) is 0 Å². The lowest BCUT2D eigenvalue weighted by molar-refractivity contribution is -0.119. The summed E-state index contributed by atoms with van der Waals surface area (Å²) in [6, 6.07) is 9.25. The Balaban J connectivity index is 1.67. The lowest BCUT2D eigenvalue weighted by atomic mass is 10.2. The molecule has 0 spiro atoms. The number of rotatable bonds is 8. The van der Waals surface area contributed by atoms with Crippen LogP contribution in [0, 0.1) is 0 Å². The third kappa shape index (κ3) is 4.39. The average molecular weight is 420 g/mol. The van der Waals surface area contributed by atoms with Gasteiger partial charge in [-0.05, 0) is 30.5 Å². The fourth-order valence-corrected chi connectivity index (χ4v) is 3.97. The number of ether oxygens (including phenoxy) is 2. The molecule has 1 amide bonds. The Hall–Kier alpha value is -2.72. The molecule has 0 aliphatic heterocycles. The summed E-state index contributed by atoms with van der Waals surface area (Å²) in [5, 5.41) is 13.6. The second-order valence-electron chi connectivity index (χ2n) is 5.84. The predicted molar refractivity (Wildman–Crippen MR) is 110 cm³/mol. The molecule has 3 aromatic rings. The van der Waals surface area contributed by atoms with E-state index < -0.39 is 0 Å². The van der Waals surface area contributed by atoms with Gasteiger partial charge in [-0.25, -0.2) is 4.68 Å². The van der Waals surface area contributed by atoms with Crippen molar-refractivity contribution in [1.82, 2.24) is 20.2 Å². The summed E-state index contributed by atoms with van der Waals surface area (Å²) >= 11 is 2.83. The molecule has 0 fully saturated rings. The molecule has 1 atom stereocenters. The molecular formula is C18H21N5O3S2. The minimum Gasteiger partial charge on any atom is -0.497 e. The smallest absolute Gasteiger partial charge is 0.230 e. The van der Waals surface area contributed by atoms with Gasteiger partial charge in [-0.3, -0.25) is 4.79 Å². The number of nitrogens with zero attached hydrogens (tertiary/aromatic N) is 3. The summed E-state index contributed by atoms with van der Waals surface area (Å²) < 4.78 is 12.0. The molecule has 28 heavy (non-hydrogen) atoms. The lowest BCUT2D eigenvalue weighted by Gasteiger charge is -2.12. The number of benzene rings is 1. The first-order valence-corrected chi connectivity index (χ1v) is 10.3. The van der Waals surface area contributed by atoms with Crippen LogP contribution in [0.3, 0.4) is 0 Å². The third-order valence-electron chi connectivity index (χ3n) is 3.99. The van der Waals surface area contributed by atoms with Crippen molar-refractivity contribution >= 4 is 29.0 Å². The first-order chi connectivity index (χ1) is 13.5. The molecule has 0 saturated carbocycles. The molecule has 3 rings (SSSR count). The molecule has 2 aromatic heterocycles. The van der Waals surface area contributed by atoms with Crippen LogP contribution in [0.5, 0.6) is 11.5 Å². The first-order valence-electron chi connectivity index (χ1n) is 8.42. The Bertz CT molecular complexity index is 943. The van der Waals surface area contributed by atoms with E-state index in [1.807, 2.05) is 24.4 Å². The van der Waals surface area contributed by atoms with E-state index in [0.717, 1.165) is 4.88 Å². The van der Waals surface area contributed by atoms with Crippen molar-refractivity contribution in [3.63, 3.8) is 0 Å². The molecule has 10 heteroatoms. The van der Waals surface area contributed by atoms with Crippen molar-refractivity contribution in [1.29, 1.82) is 0 Å². The van der Waals surface area contributed by atoms with Crippen LogP contribution in [0.25, 0.3) is 11.4 Å². The summed E-state index contributed by atoms with van der Waals surface area (Å²) in [6.45, 7) is 1.95. The van der Waals surface area contributed by atoms with Crippen molar-refractivity contribution in [2.45, 2.75) is 18.1 Å². The molecule has 0 aliphatic rings. The van der Waals surface area contributed by atoms with E-state index in [1.165, 1.54) is 16.4 Å². The zero-order valence-corrected chi connectivity index (χ0v) is 17.3. The Morgan fingerprint density at radius 2 is 2.14 bits per heavy atom. The van der Waals surface area contributed by atoms with Crippen molar-refractivity contribution < 1.29 is 14.3 Å². The van der Waals surface area contributed by atoms with Crippen LogP contribution in [0.4, 0.5) is 0 Å². The van der Waals surface area contributed by atoms with Gasteiger partial charge in [-0.1, -0.05) is 17.8 Å². The van der Waals surface area contributed by atoms with Crippen molar-refractivity contribution in [2.24, 2.45) is 0 Å². The largest absolute Gasteiger partial charge is 0.497 e. The minimum atomic E-state index is -0.0996. The number of nitrogens with two attached hydrogens (primary N) is 1. The molecule has 0 unspecified atom stereocenters. The van der Waals surface area contributed by atoms with E-state index in [2.05, 4.69) is 15.5 Å². The fraction of sp³-hybridized carbons (Fsp3) is 0.278. The average Bonchev–Trinajstić information content (AvgIpc) is 3.36. The molecule has 0 radical (unpaired) electrons. The van der Waals surface area contributed by atoms with Crippen LogP contribution >= 0.6 is 23.1 Å². The normalized spacial score (nSPS) is 11.8. The fourth-order valence-electron chi connectivity index (χ4n) is 2.56. The number of nitrogen functional groups attached to an aromatic ring is 1. The molecule has 3 N–H and O–H groups in total. The van der Waals surface area contributed by atoms with Gasteiger partial charge in [0, 0.05) is 10.9 Å². The van der Waals surface area contributed by atoms with E-state index in [4.69, 9.17) is 15.3 Å². The number of thiophene rings is 1. The topological polar surface area (TPSA) is 104 Å². The number of amides is 1. The van der Waals surface area contributed by atoms with Gasteiger partial charge in [0.15, 0.2) is 5.82 Å². The molecule has 0 aliphatic carbocycles. The highest BCUT2D eigenvalue weighted by Crippen LogP contribution is 2.33. The number of aromatic nitrogens is 3. The van der Waals surface area contributed by atoms with Gasteiger partial charge < -0.3 is 20.6 Å². The summed E-state index contributed by atoms with van der Waals surface area (Å²) in [6.07, 6.45) is 0. The number of carbonyl (C=O) groups is 1. The Labute approximate surface area is 171 Å². The van der Waals surface area contributed by atoms with Crippen molar-refractivity contribution in [3.05, 3.63) is 40.6 Å². The summed E-state index contributed by atoms with van der Waals surface area (Å²) in [7, 11) is 3.14. The van der Waals surface area contributed by atoms with Crippen LogP contribution in [0.2, 0.25) is 0 Å². The standard InChI is InChI=1S/C18H21N5O3S2/c1-11(15-5-4-8-27-15)20-16(24)10-28-18-22-21-17(23(18)19)13-7-6-12(25-2)9-14(13)26-3/h4-9,11H,10,19H2,1-3H3,(H,20,24)/t11-/m1/s1. The van der Waals surface area contributed by atoms with Crippen LogP contribution in [-0.2, 0) is 4.79 Å². The SMILES string of the molecule is COc1ccc(-c2nnc(SCC(=O)N[C@H](C)c3cccs3)n2N)c(OC)c1. The first kappa shape index (κ1) is 20.0. The van der Waals surface area contributed by atoms with E-state index in [9.17, 15) is 4.79 Å². The number of carbonyl (C=O) groups excluding carboxylic acids is 1. The highest BCUT2D eigenvalue weighted by atomic mass is 32.2. The van der Waals surface area contributed by atoms with Crippen LogP contribution < -0.4 is 20.6 Å². The van der Waals surface area contributed by atoms with Gasteiger partial charge in [-0.15, -0.1) is 21.5 Å². The van der Waals surface area contributed by atoms with Gasteiger partial charge >= 0.3 is 0 Å². The van der Waals surface area contributed by atoms with Gasteiger partial charge in [-0.2, -0.15) is 0 Å². The third-order valence-corrected chi connectivity index (χ3v) is 5.99. The number of hydrogen-bond acceptors (Lipinski definition) is 8. The molecular weight excluding hydrogens is 398 g/mol. The molecule has 148 valence electrons. The molecule has 2 heterocycles. The lowest BCUT2D eigenvalue weighted by Crippen LogP contribution is -2.28. The maximum absolute atomic E-state index is 12.2. The second kappa shape index (κ2) is 8.98. The van der Waals surface area contributed by atoms with E-state index in [1.54, 1.807) is 43.8 Å². The minimum absolute atomic E-state index is 0.0389. The van der Waals surface area contributed by atoms with Gasteiger partial charge in [0.1, 0.15) is 11.5 Å². The molecule has 1 aromatic carbocycles. The Morgan fingerprint density at radius 3 is 2.82 bits per heavy atom. The predicted octanol–water partition coefficient (Wildman–Crippen LogP) is 2.71. The van der Waals surface area contributed by atoms with Crippen LogP contribution in [0.15, 0.2) is 40.9 Å². The van der Waals surface area contributed by atoms with Crippen molar-refractivity contribution in [3.8, 4) is 22.9 Å². The second-order valence-corrected chi connectivity index (χ2v) is 7.76. The highest BCUT2D eigenvalue weighted by Gasteiger charge is 2.18. The number of thioether (sulfide) groups is 1. The number of hydrogen-bond donors (Lipinski definition) is 2. The summed E-state index contributed by atoms with van der Waals surface area (Å²) in [5.41, 5.74) is 0.681. The molecule has 0 bridgehead atoms. The summed E-state index contributed by atoms with van der Waals surface area (Å²) in [5.74, 6) is 7.90. The van der Waals surface area contributed by atoms with Gasteiger partial charge in [0.2, 0.25) is 11.1 Å². The Kier molecular flexibility index (Phi) is 6.42. The van der Waals surface area contributed by atoms with E-state index in [-0.39, 0.29) is 17.7 Å². The number of methoxy groups -OCH3 is 2. The van der Waals surface area contributed by atoms with Crippen LogP contribution in [0.1, 0.15) is 17.8 Å². The summed E-state index contributed by atoms with van der Waals surface area (Å²) in [4.78, 5) is 13.3. The van der Waals surface area contributed by atoms with E-state index >= 15 is 0 Å². The van der Waals surface area contributed by atoms with Crippen molar-refractivity contribution in [2.75, 3.05) is 25.8 Å². The van der Waals surface area contributed by atoms with Crippen LogP contribution in [-0.4, -0.2) is 40.8 Å². The van der Waals surface area contributed by atoms with E-state index in [0.29, 0.717) is 28.0 Å². The monoisotopic (exact) mass is 419 g/mol. The maximum Gasteiger partial charge on any atom is 0.230 e. The number of nitrogens with one attached hydrogen (secondary N) is 1. The zero-order chi connectivity index (χ0) is 20.1. The zero-order valence-electron chi connectivity index (χ0n) is 15.7. The molecule has 8 nitrogen and oxygen atoms in total. The Morgan fingerprint density at radius 1 is 1.32 bits per heavy atom. The highest BCUT2D eigenvalue weighted by molar-refractivity contribution is 7.99. The van der Waals surface area contributed by atoms with Gasteiger partial charge in [0.05, 0.1) is 31.6 Å². The molecule has 0 saturated heterocycles.